The van der Waals surface area contributed by atoms with Crippen molar-refractivity contribution in [2.75, 3.05) is 19.8 Å². The fraction of sp³-hybridized carbons (Fsp3) is 0.632. The molecule has 1 amide bonds. The SMILES string of the molecule is O=C(COc1ccc(Cl)c(F)c1)N[C@H]1C[C@H](OCCO[C@H]2C[C@@H](OC(F)(F)F)C2)C1. The molecule has 2 fully saturated rings. The number of alkyl halides is 3. The molecule has 0 atom stereocenters. The Morgan fingerprint density at radius 2 is 1.70 bits per heavy atom. The molecule has 0 spiro atoms. The molecule has 2 saturated carbocycles. The summed E-state index contributed by atoms with van der Waals surface area (Å²) in [6, 6.07) is 3.90. The van der Waals surface area contributed by atoms with Gasteiger partial charge in [-0.3, -0.25) is 9.53 Å². The molecule has 0 saturated heterocycles. The summed E-state index contributed by atoms with van der Waals surface area (Å²) < 4.78 is 69.5. The Bertz CT molecular complexity index is 723. The van der Waals surface area contributed by atoms with Crippen molar-refractivity contribution < 1.29 is 41.3 Å². The standard InChI is InChI=1S/C19H22ClF4NO5/c20-16-2-1-12(9-17(16)21)29-10-18(26)25-11-5-13(6-11)27-3-4-28-14-7-15(8-14)30-19(22,23)24/h1-2,9,11,13-15H,3-8,10H2,(H,25,26)/t11-,13-,14-,15+. The molecule has 0 heterocycles. The van der Waals surface area contributed by atoms with Crippen LogP contribution in [0.1, 0.15) is 25.7 Å². The first kappa shape index (κ1) is 23.1. The van der Waals surface area contributed by atoms with Crippen molar-refractivity contribution in [3.8, 4) is 5.75 Å². The summed E-state index contributed by atoms with van der Waals surface area (Å²) in [5.41, 5.74) is 0. The molecule has 30 heavy (non-hydrogen) atoms. The summed E-state index contributed by atoms with van der Waals surface area (Å²) in [7, 11) is 0. The van der Waals surface area contributed by atoms with E-state index in [0.29, 0.717) is 26.1 Å². The number of carbonyl (C=O) groups excluding carboxylic acids is 1. The van der Waals surface area contributed by atoms with Crippen LogP contribution in [-0.2, 0) is 19.0 Å². The van der Waals surface area contributed by atoms with E-state index in [-0.39, 0.29) is 54.4 Å². The number of nitrogens with one attached hydrogen (secondary N) is 1. The third-order valence-corrected chi connectivity index (χ3v) is 5.17. The van der Waals surface area contributed by atoms with Crippen LogP contribution in [0.2, 0.25) is 5.02 Å². The highest BCUT2D eigenvalue weighted by molar-refractivity contribution is 6.30. The lowest BCUT2D eigenvalue weighted by molar-refractivity contribution is -0.357. The average Bonchev–Trinajstić information content (AvgIpc) is 2.60. The molecule has 0 bridgehead atoms. The van der Waals surface area contributed by atoms with E-state index in [0.717, 1.165) is 6.07 Å². The Hall–Kier alpha value is -1.62. The molecule has 1 aromatic rings. The summed E-state index contributed by atoms with van der Waals surface area (Å²) in [4.78, 5) is 11.9. The number of hydrogen-bond donors (Lipinski definition) is 1. The predicted octanol–water partition coefficient (Wildman–Crippen LogP) is 3.61. The number of hydrogen-bond acceptors (Lipinski definition) is 5. The first-order chi connectivity index (χ1) is 14.2. The van der Waals surface area contributed by atoms with Crippen molar-refractivity contribution in [3.63, 3.8) is 0 Å². The Kier molecular flexibility index (Phi) is 7.78. The van der Waals surface area contributed by atoms with E-state index in [1.807, 2.05) is 0 Å². The van der Waals surface area contributed by atoms with Gasteiger partial charge in [-0.15, -0.1) is 13.2 Å². The molecule has 1 N–H and O–H groups in total. The molecule has 0 aliphatic heterocycles. The van der Waals surface area contributed by atoms with E-state index < -0.39 is 18.3 Å². The lowest BCUT2D eigenvalue weighted by Crippen LogP contribution is -2.49. The highest BCUT2D eigenvalue weighted by Crippen LogP contribution is 2.32. The second kappa shape index (κ2) is 10.1. The van der Waals surface area contributed by atoms with Gasteiger partial charge in [0.25, 0.3) is 5.91 Å². The van der Waals surface area contributed by atoms with E-state index in [1.165, 1.54) is 12.1 Å². The smallest absolute Gasteiger partial charge is 0.484 e. The highest BCUT2D eigenvalue weighted by Gasteiger charge is 2.40. The van der Waals surface area contributed by atoms with Gasteiger partial charge in [-0.05, 0) is 25.0 Å². The molecule has 1 aromatic carbocycles. The fourth-order valence-corrected chi connectivity index (χ4v) is 3.29. The minimum atomic E-state index is -4.60. The van der Waals surface area contributed by atoms with Gasteiger partial charge in [-0.25, -0.2) is 4.39 Å². The topological polar surface area (TPSA) is 66.0 Å². The number of ether oxygens (including phenoxy) is 4. The summed E-state index contributed by atoms with van der Waals surface area (Å²) >= 11 is 5.58. The van der Waals surface area contributed by atoms with Gasteiger partial charge in [-0.2, -0.15) is 0 Å². The Labute approximate surface area is 175 Å². The molecule has 168 valence electrons. The number of carbonyl (C=O) groups is 1. The zero-order valence-corrected chi connectivity index (χ0v) is 16.7. The van der Waals surface area contributed by atoms with Crippen molar-refractivity contribution >= 4 is 17.5 Å². The maximum atomic E-state index is 13.3. The number of amides is 1. The molecule has 0 unspecified atom stereocenters. The second-order valence-electron chi connectivity index (χ2n) is 7.24. The van der Waals surface area contributed by atoms with Crippen molar-refractivity contribution in [1.29, 1.82) is 0 Å². The van der Waals surface area contributed by atoms with E-state index in [2.05, 4.69) is 10.1 Å². The first-order valence-corrected chi connectivity index (χ1v) is 9.90. The van der Waals surface area contributed by atoms with Crippen molar-refractivity contribution in [2.24, 2.45) is 0 Å². The molecule has 2 aliphatic carbocycles. The van der Waals surface area contributed by atoms with Gasteiger partial charge in [0.05, 0.1) is 36.5 Å². The molecular formula is C19H22ClF4NO5. The Morgan fingerprint density at radius 1 is 1.07 bits per heavy atom. The van der Waals surface area contributed by atoms with Gasteiger partial charge < -0.3 is 19.5 Å². The molecule has 0 aromatic heterocycles. The molecule has 11 heteroatoms. The van der Waals surface area contributed by atoms with Crippen molar-refractivity contribution in [3.05, 3.63) is 29.0 Å². The largest absolute Gasteiger partial charge is 0.522 e. The third-order valence-electron chi connectivity index (χ3n) is 4.86. The molecule has 2 aliphatic rings. The van der Waals surface area contributed by atoms with E-state index >= 15 is 0 Å². The minimum absolute atomic E-state index is 0.00659. The zero-order valence-electron chi connectivity index (χ0n) is 15.9. The van der Waals surface area contributed by atoms with Crippen molar-refractivity contribution in [2.45, 2.75) is 56.4 Å². The monoisotopic (exact) mass is 455 g/mol. The van der Waals surface area contributed by atoms with Crippen LogP contribution in [0.25, 0.3) is 0 Å². The van der Waals surface area contributed by atoms with Crippen LogP contribution >= 0.6 is 11.6 Å². The van der Waals surface area contributed by atoms with Crippen LogP contribution in [0, 0.1) is 5.82 Å². The van der Waals surface area contributed by atoms with E-state index in [1.54, 1.807) is 0 Å². The second-order valence-corrected chi connectivity index (χ2v) is 7.65. The maximum absolute atomic E-state index is 13.3. The Morgan fingerprint density at radius 3 is 2.30 bits per heavy atom. The number of benzene rings is 1. The summed E-state index contributed by atoms with van der Waals surface area (Å²) in [5.74, 6) is -0.730. The fourth-order valence-electron chi connectivity index (χ4n) is 3.17. The lowest BCUT2D eigenvalue weighted by Gasteiger charge is -2.37. The average molecular weight is 456 g/mol. The number of halogens is 5. The van der Waals surface area contributed by atoms with Crippen LogP contribution in [0.3, 0.4) is 0 Å². The predicted molar refractivity (Wildman–Crippen MR) is 97.7 cm³/mol. The molecule has 0 radical (unpaired) electrons. The maximum Gasteiger partial charge on any atom is 0.522 e. The van der Waals surface area contributed by atoms with Gasteiger partial charge >= 0.3 is 6.36 Å². The van der Waals surface area contributed by atoms with Gasteiger partial charge in [0, 0.05) is 24.9 Å². The molecule has 3 rings (SSSR count). The molecule has 6 nitrogen and oxygen atoms in total. The number of rotatable bonds is 10. The third kappa shape index (κ3) is 7.26. The van der Waals surface area contributed by atoms with Gasteiger partial charge in [0.2, 0.25) is 0 Å². The summed E-state index contributed by atoms with van der Waals surface area (Å²) in [5, 5.41) is 2.77. The summed E-state index contributed by atoms with van der Waals surface area (Å²) in [6.07, 6.45) is -3.93. The van der Waals surface area contributed by atoms with Crippen LogP contribution < -0.4 is 10.1 Å². The van der Waals surface area contributed by atoms with Gasteiger partial charge in [0.1, 0.15) is 11.6 Å². The van der Waals surface area contributed by atoms with Crippen LogP contribution in [0.4, 0.5) is 17.6 Å². The van der Waals surface area contributed by atoms with Crippen LogP contribution in [0.15, 0.2) is 18.2 Å². The van der Waals surface area contributed by atoms with E-state index in [4.69, 9.17) is 25.8 Å². The Balaban J connectivity index is 1.18. The van der Waals surface area contributed by atoms with Gasteiger partial charge in [0.15, 0.2) is 6.61 Å². The minimum Gasteiger partial charge on any atom is -0.484 e. The normalized spacial score (nSPS) is 25.9. The van der Waals surface area contributed by atoms with Crippen LogP contribution in [-0.4, -0.2) is 56.4 Å². The molecular weight excluding hydrogens is 434 g/mol. The zero-order chi connectivity index (χ0) is 21.7. The van der Waals surface area contributed by atoms with Crippen LogP contribution in [0.5, 0.6) is 5.75 Å². The highest BCUT2D eigenvalue weighted by atomic mass is 35.5. The van der Waals surface area contributed by atoms with Gasteiger partial charge in [-0.1, -0.05) is 11.6 Å². The quantitative estimate of drug-likeness (QED) is 0.431. The summed E-state index contributed by atoms with van der Waals surface area (Å²) in [6.45, 7) is 0.387. The van der Waals surface area contributed by atoms with Crippen molar-refractivity contribution in [1.82, 2.24) is 5.32 Å². The first-order valence-electron chi connectivity index (χ1n) is 9.53. The lowest BCUT2D eigenvalue weighted by atomic mass is 9.89. The van der Waals surface area contributed by atoms with E-state index in [9.17, 15) is 22.4 Å².